The maximum Gasteiger partial charge on any atom is 0.329 e. The fraction of sp³-hybridized carbons (Fsp3) is 0.667. The first kappa shape index (κ1) is 13.4. The molecule has 1 fully saturated rings. The molecule has 0 amide bonds. The number of hydrogen-bond donors (Lipinski definition) is 1. The van der Waals surface area contributed by atoms with Crippen molar-refractivity contribution in [1.82, 2.24) is 14.5 Å². The van der Waals surface area contributed by atoms with Crippen molar-refractivity contribution in [3.05, 3.63) is 31.6 Å². The number of aromatic amines is 1. The highest BCUT2D eigenvalue weighted by Gasteiger charge is 2.12. The first-order valence-corrected chi connectivity index (χ1v) is 6.69. The normalized spacial score (nSPS) is 16.3. The van der Waals surface area contributed by atoms with Crippen molar-refractivity contribution in [3.8, 4) is 0 Å². The molecule has 0 atom stereocenters. The van der Waals surface area contributed by atoms with Crippen molar-refractivity contribution in [2.45, 2.75) is 32.7 Å². The van der Waals surface area contributed by atoms with Gasteiger partial charge in [0.1, 0.15) is 5.15 Å². The minimum atomic E-state index is -0.419. The maximum atomic E-state index is 11.9. The number of likely N-dealkylation sites (tertiary alicyclic amines) is 1. The molecule has 0 saturated carbocycles. The summed E-state index contributed by atoms with van der Waals surface area (Å²) in [5.74, 6) is 0. The molecule has 5 nitrogen and oxygen atoms in total. The topological polar surface area (TPSA) is 58.1 Å². The molecule has 0 aromatic carbocycles. The predicted molar refractivity (Wildman–Crippen MR) is 71.4 cm³/mol. The first-order chi connectivity index (χ1) is 8.59. The van der Waals surface area contributed by atoms with Crippen LogP contribution in [0.1, 0.15) is 24.8 Å². The molecule has 0 radical (unpaired) electrons. The third-order valence-electron chi connectivity index (χ3n) is 3.41. The van der Waals surface area contributed by atoms with Gasteiger partial charge in [-0.1, -0.05) is 11.6 Å². The number of rotatable bonds is 4. The van der Waals surface area contributed by atoms with E-state index < -0.39 is 5.69 Å². The van der Waals surface area contributed by atoms with Crippen molar-refractivity contribution in [3.63, 3.8) is 0 Å². The highest BCUT2D eigenvalue weighted by atomic mass is 35.5. The summed E-state index contributed by atoms with van der Waals surface area (Å²) in [5.41, 5.74) is -0.306. The van der Waals surface area contributed by atoms with Gasteiger partial charge in [0, 0.05) is 12.1 Å². The van der Waals surface area contributed by atoms with Gasteiger partial charge in [0.15, 0.2) is 0 Å². The molecule has 2 rings (SSSR count). The minimum absolute atomic E-state index is 0.140. The molecule has 100 valence electrons. The van der Waals surface area contributed by atoms with E-state index in [0.29, 0.717) is 12.1 Å². The fourth-order valence-electron chi connectivity index (χ4n) is 2.31. The zero-order chi connectivity index (χ0) is 13.1. The van der Waals surface area contributed by atoms with Crippen LogP contribution < -0.4 is 11.2 Å². The lowest BCUT2D eigenvalue weighted by Gasteiger charge is -2.14. The molecule has 0 bridgehead atoms. The average Bonchev–Trinajstić information content (AvgIpc) is 2.84. The van der Waals surface area contributed by atoms with Gasteiger partial charge in [-0.2, -0.15) is 0 Å². The molecular weight excluding hydrogens is 254 g/mol. The summed E-state index contributed by atoms with van der Waals surface area (Å²) < 4.78 is 1.23. The number of H-pyrrole nitrogens is 1. The lowest BCUT2D eigenvalue weighted by Crippen LogP contribution is -2.37. The van der Waals surface area contributed by atoms with Crippen LogP contribution in [0.3, 0.4) is 0 Å². The SMILES string of the molecule is Cc1c(Cl)[nH]c(=O)n(CCCN2CCCC2)c1=O. The molecule has 6 heteroatoms. The van der Waals surface area contributed by atoms with Crippen LogP contribution in [-0.2, 0) is 6.54 Å². The largest absolute Gasteiger partial charge is 0.329 e. The molecule has 1 aromatic heterocycles. The number of halogens is 1. The van der Waals surface area contributed by atoms with E-state index in [4.69, 9.17) is 11.6 Å². The minimum Gasteiger partial charge on any atom is -0.303 e. The summed E-state index contributed by atoms with van der Waals surface area (Å²) in [5, 5.41) is 0.140. The Morgan fingerprint density at radius 3 is 2.56 bits per heavy atom. The zero-order valence-corrected chi connectivity index (χ0v) is 11.3. The smallest absolute Gasteiger partial charge is 0.303 e. The van der Waals surface area contributed by atoms with Gasteiger partial charge in [0.2, 0.25) is 0 Å². The van der Waals surface area contributed by atoms with Crippen LogP contribution in [0.4, 0.5) is 0 Å². The molecule has 18 heavy (non-hydrogen) atoms. The van der Waals surface area contributed by atoms with Gasteiger partial charge in [0.05, 0.1) is 0 Å². The van der Waals surface area contributed by atoms with Crippen molar-refractivity contribution >= 4 is 11.6 Å². The van der Waals surface area contributed by atoms with Crippen molar-refractivity contribution in [2.24, 2.45) is 0 Å². The molecule has 1 saturated heterocycles. The second-order valence-electron chi connectivity index (χ2n) is 4.73. The molecule has 2 heterocycles. The summed E-state index contributed by atoms with van der Waals surface area (Å²) in [6.45, 7) is 5.27. The quantitative estimate of drug-likeness (QED) is 0.831. The standard InChI is InChI=1S/C12H18ClN3O2/c1-9-10(13)14-12(18)16(11(9)17)8-4-7-15-5-2-3-6-15/h2-8H2,1H3,(H,14,18). The van der Waals surface area contributed by atoms with Gasteiger partial charge in [0.25, 0.3) is 5.56 Å². The molecular formula is C12H18ClN3O2. The lowest BCUT2D eigenvalue weighted by atomic mass is 10.3. The fourth-order valence-corrected chi connectivity index (χ4v) is 2.47. The lowest BCUT2D eigenvalue weighted by molar-refractivity contribution is 0.323. The van der Waals surface area contributed by atoms with Crippen LogP contribution in [0.2, 0.25) is 5.15 Å². The summed E-state index contributed by atoms with van der Waals surface area (Å²) in [6.07, 6.45) is 3.31. The third kappa shape index (κ3) is 2.84. The zero-order valence-electron chi connectivity index (χ0n) is 10.5. The van der Waals surface area contributed by atoms with Crippen molar-refractivity contribution < 1.29 is 0 Å². The highest BCUT2D eigenvalue weighted by Crippen LogP contribution is 2.07. The summed E-state index contributed by atoms with van der Waals surface area (Å²) >= 11 is 5.75. The van der Waals surface area contributed by atoms with E-state index in [0.717, 1.165) is 26.1 Å². The molecule has 1 aliphatic heterocycles. The Balaban J connectivity index is 2.03. The van der Waals surface area contributed by atoms with Gasteiger partial charge < -0.3 is 4.90 Å². The van der Waals surface area contributed by atoms with Crippen molar-refractivity contribution in [1.29, 1.82) is 0 Å². The van der Waals surface area contributed by atoms with Crippen LogP contribution >= 0.6 is 11.6 Å². The van der Waals surface area contributed by atoms with Crippen LogP contribution in [-0.4, -0.2) is 34.1 Å². The van der Waals surface area contributed by atoms with Gasteiger partial charge in [-0.3, -0.25) is 14.3 Å². The number of nitrogens with one attached hydrogen (secondary N) is 1. The van der Waals surface area contributed by atoms with Crippen LogP contribution in [0, 0.1) is 6.92 Å². The second-order valence-corrected chi connectivity index (χ2v) is 5.11. The van der Waals surface area contributed by atoms with Gasteiger partial charge in [-0.05, 0) is 45.8 Å². The Bertz CT molecular complexity index is 529. The Morgan fingerprint density at radius 1 is 1.22 bits per heavy atom. The molecule has 1 N–H and O–H groups in total. The van der Waals surface area contributed by atoms with E-state index in [1.54, 1.807) is 6.92 Å². The highest BCUT2D eigenvalue weighted by molar-refractivity contribution is 6.30. The Kier molecular flexibility index (Phi) is 4.24. The van der Waals surface area contributed by atoms with E-state index in [2.05, 4.69) is 9.88 Å². The monoisotopic (exact) mass is 271 g/mol. The van der Waals surface area contributed by atoms with E-state index >= 15 is 0 Å². The van der Waals surface area contributed by atoms with Gasteiger partial charge in [-0.15, -0.1) is 0 Å². The number of hydrogen-bond acceptors (Lipinski definition) is 3. The van der Waals surface area contributed by atoms with E-state index in [1.165, 1.54) is 17.4 Å². The predicted octanol–water partition coefficient (Wildman–Crippen LogP) is 0.984. The van der Waals surface area contributed by atoms with E-state index in [-0.39, 0.29) is 10.7 Å². The van der Waals surface area contributed by atoms with E-state index in [1.807, 2.05) is 0 Å². The Hall–Kier alpha value is -1.07. The van der Waals surface area contributed by atoms with Crippen LogP contribution in [0.15, 0.2) is 9.59 Å². The summed E-state index contributed by atoms with van der Waals surface area (Å²) in [4.78, 5) is 28.4. The third-order valence-corrected chi connectivity index (χ3v) is 3.79. The number of nitrogens with zero attached hydrogens (tertiary/aromatic N) is 2. The average molecular weight is 272 g/mol. The maximum absolute atomic E-state index is 11.9. The molecule has 1 aromatic rings. The molecule has 1 aliphatic rings. The number of aromatic nitrogens is 2. The van der Waals surface area contributed by atoms with E-state index in [9.17, 15) is 9.59 Å². The van der Waals surface area contributed by atoms with Crippen LogP contribution in [0.5, 0.6) is 0 Å². The van der Waals surface area contributed by atoms with Gasteiger partial charge in [-0.25, -0.2) is 4.79 Å². The van der Waals surface area contributed by atoms with Gasteiger partial charge >= 0.3 is 5.69 Å². The molecule has 0 aliphatic carbocycles. The van der Waals surface area contributed by atoms with Crippen molar-refractivity contribution in [2.75, 3.05) is 19.6 Å². The molecule has 0 spiro atoms. The summed E-state index contributed by atoms with van der Waals surface area (Å²) in [6, 6.07) is 0. The molecule has 0 unspecified atom stereocenters. The Labute approximate surface area is 110 Å². The Morgan fingerprint density at radius 2 is 1.89 bits per heavy atom. The second kappa shape index (κ2) is 5.71. The first-order valence-electron chi connectivity index (χ1n) is 6.31. The summed E-state index contributed by atoms with van der Waals surface area (Å²) in [7, 11) is 0. The van der Waals surface area contributed by atoms with Crippen LogP contribution in [0.25, 0.3) is 0 Å².